The average Bonchev–Trinajstić information content (AvgIpc) is 2.03. The molecule has 0 saturated heterocycles. The molecule has 1 N–H and O–H groups in total. The van der Waals surface area contributed by atoms with Crippen molar-refractivity contribution in [3.05, 3.63) is 11.6 Å². The summed E-state index contributed by atoms with van der Waals surface area (Å²) in [5, 5.41) is 8.63. The van der Waals surface area contributed by atoms with Crippen molar-refractivity contribution < 1.29 is 19.4 Å². The van der Waals surface area contributed by atoms with Crippen molar-refractivity contribution in [3.63, 3.8) is 0 Å². The molecule has 0 aliphatic rings. The smallest absolute Gasteiger partial charge is 0.324 e. The molecule has 4 heteroatoms. The van der Waals surface area contributed by atoms with Crippen LogP contribution in [-0.2, 0) is 14.3 Å². The van der Waals surface area contributed by atoms with Crippen LogP contribution >= 0.6 is 0 Å². The molecular weight excluding hydrogens is 160 g/mol. The first-order chi connectivity index (χ1) is 5.54. The fraction of sp³-hybridized carbons (Fsp3) is 0.500. The van der Waals surface area contributed by atoms with Gasteiger partial charge in [0.15, 0.2) is 5.92 Å². The van der Waals surface area contributed by atoms with Gasteiger partial charge < -0.3 is 9.84 Å². The van der Waals surface area contributed by atoms with Crippen LogP contribution in [0.1, 0.15) is 13.8 Å². The standard InChI is InChI=1S/C8H12O4/c1-4-5(2)6(7(9)10)8(11)12-3/h4,6H,1-3H3,(H,9,10)/b5-4+. The van der Waals surface area contributed by atoms with E-state index in [1.807, 2.05) is 0 Å². The van der Waals surface area contributed by atoms with Gasteiger partial charge in [0, 0.05) is 0 Å². The molecule has 1 unspecified atom stereocenters. The van der Waals surface area contributed by atoms with Crippen LogP contribution in [0.25, 0.3) is 0 Å². The summed E-state index contributed by atoms with van der Waals surface area (Å²) < 4.78 is 4.34. The second-order valence-corrected chi connectivity index (χ2v) is 2.33. The van der Waals surface area contributed by atoms with Gasteiger partial charge in [-0.05, 0) is 13.8 Å². The topological polar surface area (TPSA) is 63.6 Å². The van der Waals surface area contributed by atoms with E-state index < -0.39 is 17.9 Å². The SMILES string of the molecule is C/C=C(\C)C(C(=O)O)C(=O)OC. The Balaban J connectivity index is 4.67. The molecule has 0 rings (SSSR count). The number of methoxy groups -OCH3 is 1. The minimum Gasteiger partial charge on any atom is -0.480 e. The average molecular weight is 172 g/mol. The first-order valence-electron chi connectivity index (χ1n) is 3.48. The maximum Gasteiger partial charge on any atom is 0.324 e. The zero-order valence-electron chi connectivity index (χ0n) is 7.33. The number of ether oxygens (including phenoxy) is 1. The fourth-order valence-corrected chi connectivity index (χ4v) is 0.766. The lowest BCUT2D eigenvalue weighted by molar-refractivity contribution is -0.154. The summed E-state index contributed by atoms with van der Waals surface area (Å²) in [6.45, 7) is 3.25. The Labute approximate surface area is 70.8 Å². The summed E-state index contributed by atoms with van der Waals surface area (Å²) >= 11 is 0. The van der Waals surface area contributed by atoms with E-state index >= 15 is 0 Å². The number of aliphatic carboxylic acids is 1. The van der Waals surface area contributed by atoms with Gasteiger partial charge >= 0.3 is 11.9 Å². The van der Waals surface area contributed by atoms with Crippen LogP contribution in [0, 0.1) is 5.92 Å². The van der Waals surface area contributed by atoms with E-state index in [1.54, 1.807) is 19.9 Å². The molecule has 1 atom stereocenters. The molecule has 0 aliphatic carbocycles. The Morgan fingerprint density at radius 2 is 2.00 bits per heavy atom. The predicted octanol–water partition coefficient (Wildman–Crippen LogP) is 0.826. The summed E-state index contributed by atoms with van der Waals surface area (Å²) in [7, 11) is 1.17. The number of hydrogen-bond acceptors (Lipinski definition) is 3. The molecule has 0 aromatic carbocycles. The van der Waals surface area contributed by atoms with E-state index in [0.717, 1.165) is 0 Å². The second kappa shape index (κ2) is 4.54. The zero-order chi connectivity index (χ0) is 9.72. The number of carboxylic acid groups (broad SMARTS) is 1. The monoisotopic (exact) mass is 172 g/mol. The molecule has 0 saturated carbocycles. The van der Waals surface area contributed by atoms with Crippen molar-refractivity contribution >= 4 is 11.9 Å². The van der Waals surface area contributed by atoms with Crippen molar-refractivity contribution in [2.24, 2.45) is 5.92 Å². The van der Waals surface area contributed by atoms with Crippen LogP contribution in [0.15, 0.2) is 11.6 Å². The Morgan fingerprint density at radius 1 is 1.50 bits per heavy atom. The number of hydrogen-bond donors (Lipinski definition) is 1. The number of carboxylic acids is 1. The molecule has 68 valence electrons. The van der Waals surface area contributed by atoms with Gasteiger partial charge in [-0.15, -0.1) is 0 Å². The molecule has 4 nitrogen and oxygen atoms in total. The first kappa shape index (κ1) is 10.7. The third kappa shape index (κ3) is 2.38. The number of rotatable bonds is 3. The van der Waals surface area contributed by atoms with Crippen LogP contribution in [0.2, 0.25) is 0 Å². The Morgan fingerprint density at radius 3 is 2.25 bits per heavy atom. The van der Waals surface area contributed by atoms with Crippen molar-refractivity contribution in [2.75, 3.05) is 7.11 Å². The Hall–Kier alpha value is -1.32. The highest BCUT2D eigenvalue weighted by Crippen LogP contribution is 2.11. The molecule has 0 aromatic heterocycles. The van der Waals surface area contributed by atoms with E-state index in [2.05, 4.69) is 4.74 Å². The lowest BCUT2D eigenvalue weighted by Gasteiger charge is -2.09. The van der Waals surface area contributed by atoms with Gasteiger partial charge in [-0.1, -0.05) is 11.6 Å². The zero-order valence-corrected chi connectivity index (χ0v) is 7.33. The molecule has 0 aromatic rings. The van der Waals surface area contributed by atoms with E-state index in [4.69, 9.17) is 5.11 Å². The molecule has 0 radical (unpaired) electrons. The maximum absolute atomic E-state index is 10.9. The van der Waals surface area contributed by atoms with Crippen LogP contribution in [-0.4, -0.2) is 24.2 Å². The number of allylic oxidation sites excluding steroid dienone is 1. The highest BCUT2D eigenvalue weighted by atomic mass is 16.5. The first-order valence-corrected chi connectivity index (χ1v) is 3.48. The van der Waals surface area contributed by atoms with E-state index in [-0.39, 0.29) is 0 Å². The molecular formula is C8H12O4. The van der Waals surface area contributed by atoms with E-state index in [9.17, 15) is 9.59 Å². The van der Waals surface area contributed by atoms with Gasteiger partial charge in [-0.25, -0.2) is 0 Å². The number of carbonyl (C=O) groups is 2. The quantitative estimate of drug-likeness (QED) is 0.389. The van der Waals surface area contributed by atoms with Gasteiger partial charge in [0.05, 0.1) is 7.11 Å². The normalized spacial score (nSPS) is 13.8. The van der Waals surface area contributed by atoms with Crippen molar-refractivity contribution in [1.29, 1.82) is 0 Å². The predicted molar refractivity (Wildman–Crippen MR) is 42.6 cm³/mol. The molecule has 0 heterocycles. The molecule has 0 amide bonds. The summed E-state index contributed by atoms with van der Waals surface area (Å²) in [4.78, 5) is 21.5. The highest BCUT2D eigenvalue weighted by molar-refractivity contribution is 5.97. The minimum absolute atomic E-state index is 0.481. The summed E-state index contributed by atoms with van der Waals surface area (Å²) in [6, 6.07) is 0. The lowest BCUT2D eigenvalue weighted by atomic mass is 10.0. The number of carbonyl (C=O) groups excluding carboxylic acids is 1. The van der Waals surface area contributed by atoms with Gasteiger partial charge in [-0.2, -0.15) is 0 Å². The highest BCUT2D eigenvalue weighted by Gasteiger charge is 2.28. The third-order valence-corrected chi connectivity index (χ3v) is 1.59. The van der Waals surface area contributed by atoms with Crippen molar-refractivity contribution in [3.8, 4) is 0 Å². The molecule has 0 spiro atoms. The molecule has 0 aliphatic heterocycles. The molecule has 12 heavy (non-hydrogen) atoms. The number of esters is 1. The maximum atomic E-state index is 10.9. The van der Waals surface area contributed by atoms with E-state index in [0.29, 0.717) is 5.57 Å². The van der Waals surface area contributed by atoms with Crippen molar-refractivity contribution in [1.82, 2.24) is 0 Å². The Bertz CT molecular complexity index is 217. The van der Waals surface area contributed by atoms with Crippen molar-refractivity contribution in [2.45, 2.75) is 13.8 Å². The summed E-state index contributed by atoms with van der Waals surface area (Å²) in [5.41, 5.74) is 0.481. The van der Waals surface area contributed by atoms with Gasteiger partial charge in [-0.3, -0.25) is 9.59 Å². The second-order valence-electron chi connectivity index (χ2n) is 2.33. The summed E-state index contributed by atoms with van der Waals surface area (Å²) in [5.74, 6) is -3.09. The van der Waals surface area contributed by atoms with E-state index in [1.165, 1.54) is 7.11 Å². The molecule has 0 fully saturated rings. The van der Waals surface area contributed by atoms with Gasteiger partial charge in [0.1, 0.15) is 0 Å². The van der Waals surface area contributed by atoms with Crippen LogP contribution in [0.4, 0.5) is 0 Å². The molecule has 0 bridgehead atoms. The largest absolute Gasteiger partial charge is 0.480 e. The Kier molecular flexibility index (Phi) is 4.04. The fourth-order valence-electron chi connectivity index (χ4n) is 0.766. The summed E-state index contributed by atoms with van der Waals surface area (Å²) in [6.07, 6.45) is 1.58. The van der Waals surface area contributed by atoms with Crippen LogP contribution in [0.3, 0.4) is 0 Å². The van der Waals surface area contributed by atoms with Crippen LogP contribution < -0.4 is 0 Å². The third-order valence-electron chi connectivity index (χ3n) is 1.59. The lowest BCUT2D eigenvalue weighted by Crippen LogP contribution is -2.25. The minimum atomic E-state index is -1.18. The van der Waals surface area contributed by atoms with Gasteiger partial charge in [0.2, 0.25) is 0 Å². The van der Waals surface area contributed by atoms with Gasteiger partial charge in [0.25, 0.3) is 0 Å². The van der Waals surface area contributed by atoms with Crippen LogP contribution in [0.5, 0.6) is 0 Å².